The molecule has 0 heterocycles. The SMILES string of the molecule is CC(C)OOC(C)C.Cc1ccccc1C(C)C. The first-order valence-corrected chi connectivity index (χ1v) is 6.72. The second kappa shape index (κ2) is 9.12. The molecule has 0 spiro atoms. The van der Waals surface area contributed by atoms with Crippen molar-refractivity contribution in [2.45, 2.75) is 66.6 Å². The Morgan fingerprint density at radius 2 is 1.22 bits per heavy atom. The zero-order valence-electron chi connectivity index (χ0n) is 12.9. The van der Waals surface area contributed by atoms with Gasteiger partial charge in [-0.05, 0) is 51.7 Å². The van der Waals surface area contributed by atoms with Gasteiger partial charge in [0.15, 0.2) is 0 Å². The average molecular weight is 252 g/mol. The zero-order valence-corrected chi connectivity index (χ0v) is 12.9. The predicted molar refractivity (Wildman–Crippen MR) is 77.7 cm³/mol. The molecule has 0 fully saturated rings. The molecular weight excluding hydrogens is 224 g/mol. The standard InChI is InChI=1S/C10H14.C6H14O2/c1-8(2)10-7-5-4-6-9(10)3;1-5(2)7-8-6(3)4/h4-8H,1-3H3;5-6H,1-4H3. The van der Waals surface area contributed by atoms with Crippen LogP contribution < -0.4 is 0 Å². The Bertz CT molecular complexity index is 309. The lowest BCUT2D eigenvalue weighted by atomic mass is 9.99. The van der Waals surface area contributed by atoms with Crippen molar-refractivity contribution in [3.8, 4) is 0 Å². The van der Waals surface area contributed by atoms with Gasteiger partial charge in [-0.15, -0.1) is 0 Å². The van der Waals surface area contributed by atoms with E-state index in [1.165, 1.54) is 11.1 Å². The molecule has 1 rings (SSSR count). The predicted octanol–water partition coefficient (Wildman–Crippen LogP) is 4.87. The highest BCUT2D eigenvalue weighted by Gasteiger charge is 1.99. The molecule has 0 aliphatic carbocycles. The molecule has 0 bridgehead atoms. The Kier molecular flexibility index (Phi) is 8.69. The average Bonchev–Trinajstić information content (AvgIpc) is 2.27. The molecule has 0 aromatic heterocycles. The topological polar surface area (TPSA) is 18.5 Å². The van der Waals surface area contributed by atoms with Crippen LogP contribution in [0.2, 0.25) is 0 Å². The van der Waals surface area contributed by atoms with E-state index in [0.717, 1.165) is 0 Å². The summed E-state index contributed by atoms with van der Waals surface area (Å²) >= 11 is 0. The van der Waals surface area contributed by atoms with Crippen molar-refractivity contribution < 1.29 is 9.78 Å². The van der Waals surface area contributed by atoms with Crippen molar-refractivity contribution >= 4 is 0 Å². The van der Waals surface area contributed by atoms with Crippen LogP contribution >= 0.6 is 0 Å². The lowest BCUT2D eigenvalue weighted by molar-refractivity contribution is -0.337. The molecule has 0 unspecified atom stereocenters. The van der Waals surface area contributed by atoms with Gasteiger partial charge in [0.05, 0.1) is 12.2 Å². The Balaban J connectivity index is 0.000000331. The van der Waals surface area contributed by atoms with Gasteiger partial charge in [-0.25, -0.2) is 9.78 Å². The molecule has 0 aliphatic heterocycles. The van der Waals surface area contributed by atoms with Crippen LogP contribution in [0, 0.1) is 6.92 Å². The fourth-order valence-corrected chi connectivity index (χ4v) is 1.46. The van der Waals surface area contributed by atoms with Crippen LogP contribution in [0.5, 0.6) is 0 Å². The van der Waals surface area contributed by atoms with Crippen LogP contribution in [0.15, 0.2) is 24.3 Å². The number of benzene rings is 1. The molecule has 104 valence electrons. The fraction of sp³-hybridized carbons (Fsp3) is 0.625. The molecule has 0 aliphatic rings. The second-order valence-electron chi connectivity index (χ2n) is 5.30. The lowest BCUT2D eigenvalue weighted by Crippen LogP contribution is -2.08. The summed E-state index contributed by atoms with van der Waals surface area (Å²) in [5.74, 6) is 0.654. The molecule has 18 heavy (non-hydrogen) atoms. The molecule has 0 N–H and O–H groups in total. The summed E-state index contributed by atoms with van der Waals surface area (Å²) in [6.07, 6.45) is 0.329. The van der Waals surface area contributed by atoms with E-state index in [0.29, 0.717) is 5.92 Å². The fourth-order valence-electron chi connectivity index (χ4n) is 1.46. The molecule has 0 radical (unpaired) electrons. The van der Waals surface area contributed by atoms with Crippen molar-refractivity contribution in [2.75, 3.05) is 0 Å². The van der Waals surface area contributed by atoms with Crippen molar-refractivity contribution in [3.63, 3.8) is 0 Å². The van der Waals surface area contributed by atoms with Crippen LogP contribution in [0.1, 0.15) is 58.6 Å². The molecule has 0 atom stereocenters. The second-order valence-corrected chi connectivity index (χ2v) is 5.30. The summed E-state index contributed by atoms with van der Waals surface area (Å²) in [4.78, 5) is 9.61. The van der Waals surface area contributed by atoms with Crippen molar-refractivity contribution in [2.24, 2.45) is 0 Å². The van der Waals surface area contributed by atoms with E-state index in [-0.39, 0.29) is 12.2 Å². The van der Waals surface area contributed by atoms with Crippen molar-refractivity contribution in [1.82, 2.24) is 0 Å². The summed E-state index contributed by atoms with van der Waals surface area (Å²) in [7, 11) is 0. The maximum absolute atomic E-state index is 4.80. The maximum Gasteiger partial charge on any atom is 0.0874 e. The number of rotatable bonds is 4. The Labute approximate surface area is 112 Å². The van der Waals surface area contributed by atoms with Gasteiger partial charge in [-0.2, -0.15) is 0 Å². The van der Waals surface area contributed by atoms with Crippen molar-refractivity contribution in [3.05, 3.63) is 35.4 Å². The van der Waals surface area contributed by atoms with Gasteiger partial charge >= 0.3 is 0 Å². The number of aryl methyl sites for hydroxylation is 1. The Hall–Kier alpha value is -0.860. The van der Waals surface area contributed by atoms with Crippen LogP contribution in [0.25, 0.3) is 0 Å². The van der Waals surface area contributed by atoms with Gasteiger partial charge in [0.2, 0.25) is 0 Å². The quantitative estimate of drug-likeness (QED) is 0.562. The third-order valence-corrected chi connectivity index (χ3v) is 2.25. The molecule has 0 saturated heterocycles. The van der Waals surface area contributed by atoms with E-state index in [9.17, 15) is 0 Å². The Morgan fingerprint density at radius 1 is 0.778 bits per heavy atom. The van der Waals surface area contributed by atoms with Crippen molar-refractivity contribution in [1.29, 1.82) is 0 Å². The van der Waals surface area contributed by atoms with Crippen LogP contribution in [-0.2, 0) is 9.78 Å². The summed E-state index contributed by atoms with van der Waals surface area (Å²) in [6.45, 7) is 14.3. The van der Waals surface area contributed by atoms with Gasteiger partial charge in [0.25, 0.3) is 0 Å². The van der Waals surface area contributed by atoms with E-state index in [1.54, 1.807) is 0 Å². The summed E-state index contributed by atoms with van der Waals surface area (Å²) in [6, 6.07) is 8.54. The summed E-state index contributed by atoms with van der Waals surface area (Å²) in [5, 5.41) is 0. The van der Waals surface area contributed by atoms with E-state index in [2.05, 4.69) is 45.0 Å². The first kappa shape index (κ1) is 17.1. The minimum absolute atomic E-state index is 0.164. The third kappa shape index (κ3) is 8.26. The lowest BCUT2D eigenvalue weighted by Gasteiger charge is -2.08. The highest BCUT2D eigenvalue weighted by Crippen LogP contribution is 2.17. The number of hydrogen-bond acceptors (Lipinski definition) is 2. The first-order chi connectivity index (χ1) is 8.34. The molecule has 0 amide bonds. The van der Waals surface area contributed by atoms with E-state index in [1.807, 2.05) is 27.7 Å². The highest BCUT2D eigenvalue weighted by atomic mass is 17.2. The van der Waals surface area contributed by atoms with Gasteiger partial charge in [0, 0.05) is 0 Å². The molecule has 1 aromatic rings. The minimum Gasteiger partial charge on any atom is -0.234 e. The van der Waals surface area contributed by atoms with E-state index >= 15 is 0 Å². The molecule has 2 heteroatoms. The molecule has 1 aromatic carbocycles. The summed E-state index contributed by atoms with van der Waals surface area (Å²) in [5.41, 5.74) is 2.86. The molecule has 0 saturated carbocycles. The van der Waals surface area contributed by atoms with Gasteiger partial charge in [-0.3, -0.25) is 0 Å². The van der Waals surface area contributed by atoms with Crippen LogP contribution in [0.3, 0.4) is 0 Å². The van der Waals surface area contributed by atoms with Gasteiger partial charge in [0.1, 0.15) is 0 Å². The smallest absolute Gasteiger partial charge is 0.0874 e. The van der Waals surface area contributed by atoms with Crippen LogP contribution in [-0.4, -0.2) is 12.2 Å². The highest BCUT2D eigenvalue weighted by molar-refractivity contribution is 5.27. The maximum atomic E-state index is 4.80. The molecular formula is C16H28O2. The van der Waals surface area contributed by atoms with E-state index < -0.39 is 0 Å². The number of hydrogen-bond donors (Lipinski definition) is 0. The van der Waals surface area contributed by atoms with Gasteiger partial charge < -0.3 is 0 Å². The monoisotopic (exact) mass is 252 g/mol. The van der Waals surface area contributed by atoms with Crippen LogP contribution in [0.4, 0.5) is 0 Å². The zero-order chi connectivity index (χ0) is 14.1. The molecule has 2 nitrogen and oxygen atoms in total. The third-order valence-electron chi connectivity index (χ3n) is 2.25. The first-order valence-electron chi connectivity index (χ1n) is 6.72. The Morgan fingerprint density at radius 3 is 1.50 bits per heavy atom. The summed E-state index contributed by atoms with van der Waals surface area (Å²) < 4.78 is 0. The normalized spacial score (nSPS) is 10.8. The van der Waals surface area contributed by atoms with Gasteiger partial charge in [-0.1, -0.05) is 38.1 Å². The minimum atomic E-state index is 0.164. The largest absolute Gasteiger partial charge is 0.234 e. The van der Waals surface area contributed by atoms with E-state index in [4.69, 9.17) is 9.78 Å².